The summed E-state index contributed by atoms with van der Waals surface area (Å²) < 4.78 is 10.8. The van der Waals surface area contributed by atoms with Gasteiger partial charge in [-0.2, -0.15) is 0 Å². The number of ether oxygens (including phenoxy) is 2. The molecule has 5 rings (SSSR count). The van der Waals surface area contributed by atoms with Crippen LogP contribution in [-0.2, 0) is 6.54 Å². The maximum Gasteiger partial charge on any atom is 0.275 e. The van der Waals surface area contributed by atoms with E-state index in [0.29, 0.717) is 23.7 Å². The van der Waals surface area contributed by atoms with Crippen LogP contribution in [0.15, 0.2) is 48.2 Å². The van der Waals surface area contributed by atoms with Gasteiger partial charge in [0.2, 0.25) is 6.79 Å². The van der Waals surface area contributed by atoms with Gasteiger partial charge in [-0.1, -0.05) is 6.07 Å². The van der Waals surface area contributed by atoms with Gasteiger partial charge in [0.05, 0.1) is 11.9 Å². The van der Waals surface area contributed by atoms with Gasteiger partial charge < -0.3 is 19.7 Å². The number of carbonyl (C=O) groups is 2. The number of amides is 2. The van der Waals surface area contributed by atoms with Crippen LogP contribution in [-0.4, -0.2) is 64.6 Å². The Labute approximate surface area is 188 Å². The smallest absolute Gasteiger partial charge is 0.275 e. The van der Waals surface area contributed by atoms with Crippen molar-refractivity contribution in [3.8, 4) is 11.5 Å². The van der Waals surface area contributed by atoms with Crippen LogP contribution in [0.4, 0.5) is 5.69 Å². The molecule has 1 aromatic carbocycles. The Hall–Kier alpha value is -3.50. The highest BCUT2D eigenvalue weighted by molar-refractivity contribution is 7.12. The number of rotatable bonds is 5. The standard InChI is InChI=1S/C22H21N5O4S/c28-21(17-12-23-4-5-24-17)25-16-3-10-32-20(16)22(29)27-8-6-26(7-9-27)13-15-1-2-18-19(11-15)31-14-30-18/h1-5,10-12H,6-9,13-14H2,(H,25,28). The average molecular weight is 452 g/mol. The molecule has 10 heteroatoms. The SMILES string of the molecule is O=C(Nc1ccsc1C(=O)N1CCN(Cc2ccc3c(c2)OCO3)CC1)c1cnccn1. The average Bonchev–Trinajstić information content (AvgIpc) is 3.49. The van der Waals surface area contributed by atoms with E-state index in [4.69, 9.17) is 9.47 Å². The molecule has 0 bridgehead atoms. The van der Waals surface area contributed by atoms with Crippen molar-refractivity contribution in [1.82, 2.24) is 19.8 Å². The van der Waals surface area contributed by atoms with Crippen molar-refractivity contribution in [3.63, 3.8) is 0 Å². The molecule has 1 saturated heterocycles. The fraction of sp³-hybridized carbons (Fsp3) is 0.273. The molecule has 2 amide bonds. The molecule has 2 aliphatic heterocycles. The zero-order valence-electron chi connectivity index (χ0n) is 17.2. The van der Waals surface area contributed by atoms with Crippen LogP contribution >= 0.6 is 11.3 Å². The molecule has 9 nitrogen and oxygen atoms in total. The minimum atomic E-state index is -0.390. The van der Waals surface area contributed by atoms with Gasteiger partial charge in [0.15, 0.2) is 11.5 Å². The van der Waals surface area contributed by atoms with E-state index in [1.807, 2.05) is 23.1 Å². The first-order valence-corrected chi connectivity index (χ1v) is 11.1. The normalized spacial score (nSPS) is 15.6. The van der Waals surface area contributed by atoms with Crippen molar-refractivity contribution in [2.75, 3.05) is 38.3 Å². The van der Waals surface area contributed by atoms with Gasteiger partial charge in [-0.25, -0.2) is 4.98 Å². The Morgan fingerprint density at radius 1 is 1.06 bits per heavy atom. The highest BCUT2D eigenvalue weighted by atomic mass is 32.1. The largest absolute Gasteiger partial charge is 0.454 e. The Balaban J connectivity index is 1.18. The summed E-state index contributed by atoms with van der Waals surface area (Å²) in [4.78, 5) is 38.1. The summed E-state index contributed by atoms with van der Waals surface area (Å²) in [5, 5.41) is 4.58. The molecule has 0 atom stereocenters. The first-order chi connectivity index (χ1) is 15.7. The van der Waals surface area contributed by atoms with Gasteiger partial charge in [-0.3, -0.25) is 19.5 Å². The maximum absolute atomic E-state index is 13.1. The molecular weight excluding hydrogens is 430 g/mol. The van der Waals surface area contributed by atoms with Crippen molar-refractivity contribution < 1.29 is 19.1 Å². The minimum Gasteiger partial charge on any atom is -0.454 e. The number of carbonyl (C=O) groups excluding carboxylic acids is 2. The van der Waals surface area contributed by atoms with E-state index >= 15 is 0 Å². The van der Waals surface area contributed by atoms with Crippen LogP contribution < -0.4 is 14.8 Å². The summed E-state index contributed by atoms with van der Waals surface area (Å²) in [5.74, 6) is 1.10. The number of nitrogens with zero attached hydrogens (tertiary/aromatic N) is 4. The van der Waals surface area contributed by atoms with Crippen molar-refractivity contribution >= 4 is 28.8 Å². The van der Waals surface area contributed by atoms with E-state index < -0.39 is 0 Å². The van der Waals surface area contributed by atoms with Gasteiger partial charge >= 0.3 is 0 Å². The second-order valence-corrected chi connectivity index (χ2v) is 8.38. The third kappa shape index (κ3) is 4.27. The molecule has 32 heavy (non-hydrogen) atoms. The Morgan fingerprint density at radius 3 is 2.72 bits per heavy atom. The number of fused-ring (bicyclic) bond motifs is 1. The Morgan fingerprint density at radius 2 is 1.91 bits per heavy atom. The van der Waals surface area contributed by atoms with E-state index in [9.17, 15) is 9.59 Å². The lowest BCUT2D eigenvalue weighted by molar-refractivity contribution is 0.0634. The van der Waals surface area contributed by atoms with Gasteiger partial charge in [0.25, 0.3) is 11.8 Å². The lowest BCUT2D eigenvalue weighted by atomic mass is 10.1. The predicted octanol–water partition coefficient (Wildman–Crippen LogP) is 2.48. The zero-order valence-corrected chi connectivity index (χ0v) is 18.0. The molecule has 1 N–H and O–H groups in total. The second-order valence-electron chi connectivity index (χ2n) is 7.46. The van der Waals surface area contributed by atoms with Crippen molar-refractivity contribution in [1.29, 1.82) is 0 Å². The lowest BCUT2D eigenvalue weighted by Crippen LogP contribution is -2.48. The first kappa shape index (κ1) is 20.4. The molecule has 1 fully saturated rings. The highest BCUT2D eigenvalue weighted by Crippen LogP contribution is 2.33. The molecule has 4 heterocycles. The Bertz CT molecular complexity index is 1130. The van der Waals surface area contributed by atoms with Crippen LogP contribution in [0.2, 0.25) is 0 Å². The van der Waals surface area contributed by atoms with Crippen LogP contribution in [0.5, 0.6) is 11.5 Å². The summed E-state index contributed by atoms with van der Waals surface area (Å²) in [6.45, 7) is 3.85. The number of piperazine rings is 1. The minimum absolute atomic E-state index is 0.0721. The summed E-state index contributed by atoms with van der Waals surface area (Å²) in [6.07, 6.45) is 4.35. The summed E-state index contributed by atoms with van der Waals surface area (Å²) in [7, 11) is 0. The molecule has 0 saturated carbocycles. The summed E-state index contributed by atoms with van der Waals surface area (Å²) in [6, 6.07) is 7.73. The molecule has 0 spiro atoms. The maximum atomic E-state index is 13.1. The fourth-order valence-corrected chi connectivity index (χ4v) is 4.54. The van der Waals surface area contributed by atoms with Crippen LogP contribution in [0.1, 0.15) is 25.7 Å². The lowest BCUT2D eigenvalue weighted by Gasteiger charge is -2.34. The van der Waals surface area contributed by atoms with E-state index in [1.54, 1.807) is 11.4 Å². The zero-order chi connectivity index (χ0) is 21.9. The van der Waals surface area contributed by atoms with E-state index in [2.05, 4.69) is 20.2 Å². The van der Waals surface area contributed by atoms with Gasteiger partial charge in [-0.05, 0) is 29.1 Å². The molecule has 0 aliphatic carbocycles. The Kier molecular flexibility index (Phi) is 5.70. The van der Waals surface area contributed by atoms with E-state index in [0.717, 1.165) is 36.7 Å². The topological polar surface area (TPSA) is 96.9 Å². The fourth-order valence-electron chi connectivity index (χ4n) is 3.73. The highest BCUT2D eigenvalue weighted by Gasteiger charge is 2.26. The molecular formula is C22H21N5O4S. The molecule has 2 aromatic heterocycles. The second kappa shape index (κ2) is 8.93. The third-order valence-electron chi connectivity index (χ3n) is 5.41. The first-order valence-electron chi connectivity index (χ1n) is 10.2. The molecule has 3 aromatic rings. The number of aromatic nitrogens is 2. The number of hydrogen-bond donors (Lipinski definition) is 1. The predicted molar refractivity (Wildman–Crippen MR) is 118 cm³/mol. The van der Waals surface area contributed by atoms with Crippen LogP contribution in [0, 0.1) is 0 Å². The van der Waals surface area contributed by atoms with Gasteiger partial charge in [0.1, 0.15) is 10.6 Å². The van der Waals surface area contributed by atoms with Crippen molar-refractivity contribution in [3.05, 3.63) is 64.4 Å². The van der Waals surface area contributed by atoms with Crippen LogP contribution in [0.25, 0.3) is 0 Å². The van der Waals surface area contributed by atoms with Gasteiger partial charge in [0, 0.05) is 45.1 Å². The summed E-state index contributed by atoms with van der Waals surface area (Å²) in [5.41, 5.74) is 1.86. The number of benzene rings is 1. The molecule has 0 radical (unpaired) electrons. The number of hydrogen-bond acceptors (Lipinski definition) is 8. The summed E-state index contributed by atoms with van der Waals surface area (Å²) >= 11 is 1.32. The molecule has 0 unspecified atom stereocenters. The quantitative estimate of drug-likeness (QED) is 0.637. The number of thiophene rings is 1. The molecule has 164 valence electrons. The van der Waals surface area contributed by atoms with Crippen molar-refractivity contribution in [2.24, 2.45) is 0 Å². The number of anilines is 1. The van der Waals surface area contributed by atoms with E-state index in [1.165, 1.54) is 29.9 Å². The monoisotopic (exact) mass is 451 g/mol. The molecule has 2 aliphatic rings. The van der Waals surface area contributed by atoms with Crippen LogP contribution in [0.3, 0.4) is 0 Å². The third-order valence-corrected chi connectivity index (χ3v) is 6.31. The number of nitrogens with one attached hydrogen (secondary N) is 1. The van der Waals surface area contributed by atoms with Crippen molar-refractivity contribution in [2.45, 2.75) is 6.54 Å². The van der Waals surface area contributed by atoms with E-state index in [-0.39, 0.29) is 24.3 Å². The van der Waals surface area contributed by atoms with Gasteiger partial charge in [-0.15, -0.1) is 11.3 Å².